The molecule has 2 heterocycles. The van der Waals surface area contributed by atoms with E-state index in [1.54, 1.807) is 12.1 Å². The van der Waals surface area contributed by atoms with Crippen molar-refractivity contribution in [3.05, 3.63) is 35.3 Å². The summed E-state index contributed by atoms with van der Waals surface area (Å²) in [5.41, 5.74) is 0. The molecule has 0 saturated heterocycles. The monoisotopic (exact) mass is 222 g/mol. The average Bonchev–Trinajstić information content (AvgIpc) is 2.70. The van der Waals surface area contributed by atoms with Crippen LogP contribution in [0, 0.1) is 4.77 Å². The van der Waals surface area contributed by atoms with Crippen LogP contribution in [0.3, 0.4) is 0 Å². The zero-order chi connectivity index (χ0) is 10.7. The van der Waals surface area contributed by atoms with Crippen LogP contribution in [-0.4, -0.2) is 20.9 Å². The minimum absolute atomic E-state index is 0.202. The zero-order valence-electron chi connectivity index (χ0n) is 7.43. The molecule has 0 aliphatic heterocycles. The third-order valence-corrected chi connectivity index (χ3v) is 1.77. The van der Waals surface area contributed by atoms with Gasteiger partial charge in [0.25, 0.3) is 5.91 Å². The van der Waals surface area contributed by atoms with Crippen molar-refractivity contribution in [3.8, 4) is 0 Å². The summed E-state index contributed by atoms with van der Waals surface area (Å²) in [6.45, 7) is 0. The highest BCUT2D eigenvalue weighted by molar-refractivity contribution is 7.71. The fourth-order valence-electron chi connectivity index (χ4n) is 0.945. The van der Waals surface area contributed by atoms with E-state index in [0.717, 1.165) is 0 Å². The molecule has 7 heteroatoms. The standard InChI is InChI=1S/C8H6N4O2S/c13-6(5-2-1-3-14-5)11-7-9-4-10-8(15)12-7/h1-4H,(H2,9,10,11,12,13,15). The van der Waals surface area contributed by atoms with E-state index in [1.807, 2.05) is 0 Å². The third-order valence-electron chi connectivity index (χ3n) is 1.56. The number of hydrogen-bond acceptors (Lipinski definition) is 5. The summed E-state index contributed by atoms with van der Waals surface area (Å²) in [7, 11) is 0. The van der Waals surface area contributed by atoms with Gasteiger partial charge in [-0.3, -0.25) is 10.1 Å². The van der Waals surface area contributed by atoms with Crippen molar-refractivity contribution in [2.75, 3.05) is 5.32 Å². The minimum atomic E-state index is -0.399. The lowest BCUT2D eigenvalue weighted by Crippen LogP contribution is -2.13. The maximum absolute atomic E-state index is 11.5. The molecular formula is C8H6N4O2S. The molecule has 2 aromatic rings. The summed E-state index contributed by atoms with van der Waals surface area (Å²) in [5.74, 6) is 0.0358. The van der Waals surface area contributed by atoms with Crippen molar-refractivity contribution < 1.29 is 9.21 Å². The summed E-state index contributed by atoms with van der Waals surface area (Å²) in [4.78, 5) is 21.6. The molecule has 15 heavy (non-hydrogen) atoms. The van der Waals surface area contributed by atoms with Gasteiger partial charge < -0.3 is 9.40 Å². The average molecular weight is 222 g/mol. The Morgan fingerprint density at radius 1 is 1.53 bits per heavy atom. The number of nitrogens with zero attached hydrogens (tertiary/aromatic N) is 2. The van der Waals surface area contributed by atoms with E-state index in [0.29, 0.717) is 0 Å². The van der Waals surface area contributed by atoms with Crippen molar-refractivity contribution in [2.24, 2.45) is 0 Å². The Kier molecular flexibility index (Phi) is 2.55. The van der Waals surface area contributed by atoms with Gasteiger partial charge in [0.15, 0.2) is 5.76 Å². The van der Waals surface area contributed by atoms with Crippen molar-refractivity contribution in [1.29, 1.82) is 0 Å². The predicted molar refractivity (Wildman–Crippen MR) is 53.9 cm³/mol. The molecule has 0 radical (unpaired) electrons. The molecule has 76 valence electrons. The number of nitrogens with one attached hydrogen (secondary N) is 2. The molecule has 0 aliphatic carbocycles. The van der Waals surface area contributed by atoms with Gasteiger partial charge in [-0.1, -0.05) is 0 Å². The van der Waals surface area contributed by atoms with E-state index >= 15 is 0 Å². The number of amides is 1. The first-order valence-electron chi connectivity index (χ1n) is 4.02. The summed E-state index contributed by atoms with van der Waals surface area (Å²) < 4.78 is 5.15. The lowest BCUT2D eigenvalue weighted by molar-refractivity contribution is 0.0996. The van der Waals surface area contributed by atoms with Gasteiger partial charge in [0.05, 0.1) is 6.26 Å². The largest absolute Gasteiger partial charge is 0.459 e. The van der Waals surface area contributed by atoms with Crippen LogP contribution in [0.1, 0.15) is 10.6 Å². The molecule has 2 rings (SSSR count). The van der Waals surface area contributed by atoms with Crippen molar-refractivity contribution in [2.45, 2.75) is 0 Å². The quantitative estimate of drug-likeness (QED) is 0.750. The van der Waals surface area contributed by atoms with Gasteiger partial charge in [-0.25, -0.2) is 9.97 Å². The highest BCUT2D eigenvalue weighted by atomic mass is 32.1. The Balaban J connectivity index is 2.16. The summed E-state index contributed by atoms with van der Waals surface area (Å²) >= 11 is 4.77. The molecule has 0 aromatic carbocycles. The van der Waals surface area contributed by atoms with Gasteiger partial charge in [0, 0.05) is 0 Å². The van der Waals surface area contributed by atoms with Gasteiger partial charge in [-0.2, -0.15) is 0 Å². The molecule has 2 N–H and O–H groups in total. The highest BCUT2D eigenvalue weighted by Gasteiger charge is 2.08. The third kappa shape index (κ3) is 2.26. The molecule has 0 fully saturated rings. The fourth-order valence-corrected chi connectivity index (χ4v) is 1.09. The van der Waals surface area contributed by atoms with Gasteiger partial charge >= 0.3 is 0 Å². The van der Waals surface area contributed by atoms with Crippen LogP contribution in [-0.2, 0) is 0 Å². The number of carbonyl (C=O) groups excluding carboxylic acids is 1. The molecule has 0 unspecified atom stereocenters. The van der Waals surface area contributed by atoms with E-state index in [2.05, 4.69) is 20.3 Å². The van der Waals surface area contributed by atoms with Crippen LogP contribution < -0.4 is 5.32 Å². The van der Waals surface area contributed by atoms with Crippen molar-refractivity contribution in [3.63, 3.8) is 0 Å². The summed E-state index contributed by atoms with van der Waals surface area (Å²) in [5, 5.41) is 2.48. The second-order valence-electron chi connectivity index (χ2n) is 2.58. The van der Waals surface area contributed by atoms with Crippen LogP contribution >= 0.6 is 12.2 Å². The van der Waals surface area contributed by atoms with Gasteiger partial charge in [-0.15, -0.1) is 0 Å². The number of aromatic nitrogens is 3. The molecular weight excluding hydrogens is 216 g/mol. The van der Waals surface area contributed by atoms with E-state index in [9.17, 15) is 4.79 Å². The van der Waals surface area contributed by atoms with Crippen LogP contribution in [0.5, 0.6) is 0 Å². The van der Waals surface area contributed by atoms with Crippen LogP contribution in [0.4, 0.5) is 5.95 Å². The number of hydrogen-bond donors (Lipinski definition) is 2. The van der Waals surface area contributed by atoms with Gasteiger partial charge in [0.1, 0.15) is 6.33 Å². The molecule has 0 saturated carbocycles. The lowest BCUT2D eigenvalue weighted by Gasteiger charge is -2.00. The Morgan fingerprint density at radius 2 is 2.40 bits per heavy atom. The molecule has 0 atom stereocenters. The number of carbonyl (C=O) groups is 1. The first kappa shape index (κ1) is 9.53. The predicted octanol–water partition coefficient (Wildman–Crippen LogP) is 1.38. The van der Waals surface area contributed by atoms with E-state index in [4.69, 9.17) is 16.6 Å². The number of rotatable bonds is 2. The van der Waals surface area contributed by atoms with Crippen LogP contribution in [0.2, 0.25) is 0 Å². The number of H-pyrrole nitrogens is 1. The van der Waals surface area contributed by atoms with Crippen molar-refractivity contribution >= 4 is 24.1 Å². The lowest BCUT2D eigenvalue weighted by atomic mass is 10.4. The summed E-state index contributed by atoms with van der Waals surface area (Å²) in [6, 6.07) is 3.17. The first-order valence-corrected chi connectivity index (χ1v) is 4.43. The molecule has 6 nitrogen and oxygen atoms in total. The second kappa shape index (κ2) is 4.01. The molecule has 0 aliphatic rings. The van der Waals surface area contributed by atoms with Crippen LogP contribution in [0.15, 0.2) is 29.1 Å². The number of furan rings is 1. The molecule has 2 aromatic heterocycles. The summed E-state index contributed by atoms with van der Waals surface area (Å²) in [6.07, 6.45) is 2.67. The SMILES string of the molecule is O=C(Nc1ncnc(=S)[nH]1)c1ccco1. The van der Waals surface area contributed by atoms with E-state index in [1.165, 1.54) is 12.6 Å². The topological polar surface area (TPSA) is 83.8 Å². The minimum Gasteiger partial charge on any atom is -0.459 e. The number of anilines is 1. The van der Waals surface area contributed by atoms with Gasteiger partial charge in [0.2, 0.25) is 10.7 Å². The Morgan fingerprint density at radius 3 is 3.07 bits per heavy atom. The Bertz CT molecular complexity index is 519. The normalized spacial score (nSPS) is 9.87. The fraction of sp³-hybridized carbons (Fsp3) is 0. The van der Waals surface area contributed by atoms with E-state index < -0.39 is 5.91 Å². The van der Waals surface area contributed by atoms with Gasteiger partial charge in [-0.05, 0) is 24.4 Å². The Hall–Kier alpha value is -2.02. The van der Waals surface area contributed by atoms with Crippen molar-refractivity contribution in [1.82, 2.24) is 15.0 Å². The molecule has 1 amide bonds. The smallest absolute Gasteiger partial charge is 0.293 e. The number of aromatic amines is 1. The second-order valence-corrected chi connectivity index (χ2v) is 2.97. The maximum Gasteiger partial charge on any atom is 0.293 e. The zero-order valence-corrected chi connectivity index (χ0v) is 8.25. The first-order chi connectivity index (χ1) is 7.25. The molecule has 0 spiro atoms. The van der Waals surface area contributed by atoms with Crippen LogP contribution in [0.25, 0.3) is 0 Å². The Labute approximate surface area is 89.4 Å². The van der Waals surface area contributed by atoms with E-state index in [-0.39, 0.29) is 16.5 Å². The highest BCUT2D eigenvalue weighted by Crippen LogP contribution is 2.03. The maximum atomic E-state index is 11.5. The molecule has 0 bridgehead atoms.